The second kappa shape index (κ2) is 10.2. The summed E-state index contributed by atoms with van der Waals surface area (Å²) in [7, 11) is 1.93. The van der Waals surface area contributed by atoms with Gasteiger partial charge in [-0.2, -0.15) is 0 Å². The van der Waals surface area contributed by atoms with Gasteiger partial charge in [-0.3, -0.25) is 19.7 Å². The number of hydrogen-bond acceptors (Lipinski definition) is 4. The van der Waals surface area contributed by atoms with E-state index in [1.807, 2.05) is 57.6 Å². The maximum absolute atomic E-state index is 13.2. The van der Waals surface area contributed by atoms with Crippen molar-refractivity contribution in [3.05, 3.63) is 63.5 Å². The predicted octanol–water partition coefficient (Wildman–Crippen LogP) is 3.78. The minimum Gasteiger partial charge on any atom is -0.353 e. The fraction of sp³-hybridized carbons (Fsp3) is 0.478. The van der Waals surface area contributed by atoms with Crippen molar-refractivity contribution in [1.82, 2.24) is 14.4 Å². The molecule has 0 atom stereocenters. The smallest absolute Gasteiger partial charge is 0.273 e. The summed E-state index contributed by atoms with van der Waals surface area (Å²) in [6, 6.07) is 8.08. The maximum Gasteiger partial charge on any atom is 0.273 e. The van der Waals surface area contributed by atoms with Gasteiger partial charge in [-0.15, -0.1) is 0 Å². The van der Waals surface area contributed by atoms with Crippen LogP contribution in [0.5, 0.6) is 0 Å². The Balaban J connectivity index is 2.26. The van der Waals surface area contributed by atoms with Gasteiger partial charge in [0.05, 0.1) is 11.5 Å². The maximum atomic E-state index is 13.2. The lowest BCUT2D eigenvalue weighted by Gasteiger charge is -2.31. The first-order chi connectivity index (χ1) is 14.5. The van der Waals surface area contributed by atoms with Crippen LogP contribution in [0.15, 0.2) is 36.5 Å². The van der Waals surface area contributed by atoms with Crippen molar-refractivity contribution in [2.24, 2.45) is 13.0 Å². The predicted molar refractivity (Wildman–Crippen MR) is 120 cm³/mol. The normalized spacial score (nSPS) is 11.1. The fourth-order valence-corrected chi connectivity index (χ4v) is 3.39. The van der Waals surface area contributed by atoms with E-state index >= 15 is 0 Å². The van der Waals surface area contributed by atoms with Crippen LogP contribution in [-0.2, 0) is 18.4 Å². The summed E-state index contributed by atoms with van der Waals surface area (Å²) in [4.78, 5) is 40.4. The van der Waals surface area contributed by atoms with Gasteiger partial charge in [0.2, 0.25) is 5.91 Å². The third-order valence-electron chi connectivity index (χ3n) is 5.19. The number of nitro groups is 1. The van der Waals surface area contributed by atoms with Crippen molar-refractivity contribution in [3.63, 3.8) is 0 Å². The zero-order chi connectivity index (χ0) is 23.3. The van der Waals surface area contributed by atoms with Crippen LogP contribution >= 0.6 is 0 Å². The second-order valence-corrected chi connectivity index (χ2v) is 8.56. The van der Waals surface area contributed by atoms with Gasteiger partial charge in [0, 0.05) is 48.7 Å². The van der Waals surface area contributed by atoms with Gasteiger partial charge in [-0.05, 0) is 44.9 Å². The molecule has 0 bridgehead atoms. The van der Waals surface area contributed by atoms with E-state index < -0.39 is 10.8 Å². The summed E-state index contributed by atoms with van der Waals surface area (Å²) < 4.78 is 1.97. The monoisotopic (exact) mass is 428 g/mol. The van der Waals surface area contributed by atoms with Crippen molar-refractivity contribution >= 4 is 17.5 Å². The summed E-state index contributed by atoms with van der Waals surface area (Å²) in [5.74, 6) is -0.277. The Kier molecular flexibility index (Phi) is 7.96. The average Bonchev–Trinajstić information content (AvgIpc) is 3.09. The van der Waals surface area contributed by atoms with Crippen LogP contribution in [0.4, 0.5) is 5.69 Å². The molecule has 8 heteroatoms. The zero-order valence-corrected chi connectivity index (χ0v) is 19.2. The molecule has 0 unspecified atom stereocenters. The van der Waals surface area contributed by atoms with Crippen LogP contribution in [0.3, 0.4) is 0 Å². The minimum absolute atomic E-state index is 0.0880. The number of benzene rings is 1. The fourth-order valence-electron chi connectivity index (χ4n) is 3.39. The number of nitrogens with zero attached hydrogens (tertiary/aromatic N) is 4. The molecule has 0 saturated heterocycles. The quantitative estimate of drug-likeness (QED) is 0.449. The Labute approximate surface area is 183 Å². The third-order valence-corrected chi connectivity index (χ3v) is 5.19. The molecule has 0 saturated carbocycles. The molecule has 0 N–H and O–H groups in total. The molecule has 1 heterocycles. The van der Waals surface area contributed by atoms with Crippen molar-refractivity contribution in [2.45, 2.75) is 47.2 Å². The van der Waals surface area contributed by atoms with Gasteiger partial charge >= 0.3 is 0 Å². The number of carbonyl (C=O) groups excluding carboxylic acids is 2. The molecular weight excluding hydrogens is 396 g/mol. The summed E-state index contributed by atoms with van der Waals surface area (Å²) in [6.07, 6.45) is 1.93. The zero-order valence-electron chi connectivity index (χ0n) is 19.2. The molecule has 0 radical (unpaired) electrons. The standard InChI is InChI=1S/C23H32N4O4/c1-16(2)13-25(14-20-8-7-11-24(20)6)22(28)15-26(17(3)4)23(29)19-10-9-18(5)21(12-19)27(30)31/h7-12,16-17H,13-15H2,1-6H3. The molecule has 2 rings (SSSR count). The number of hydrogen-bond donors (Lipinski definition) is 0. The molecule has 0 aliphatic heterocycles. The first-order valence-corrected chi connectivity index (χ1v) is 10.4. The SMILES string of the molecule is Cc1ccc(C(=O)N(CC(=O)N(Cc2cccn2C)CC(C)C)C(C)C)cc1[N+](=O)[O-]. The number of nitro benzene ring substituents is 1. The molecule has 8 nitrogen and oxygen atoms in total. The summed E-state index contributed by atoms with van der Waals surface area (Å²) in [5, 5.41) is 11.3. The Morgan fingerprint density at radius 2 is 1.84 bits per heavy atom. The van der Waals surface area contributed by atoms with Crippen LogP contribution in [0.25, 0.3) is 0 Å². The Morgan fingerprint density at radius 3 is 2.35 bits per heavy atom. The lowest BCUT2D eigenvalue weighted by Crippen LogP contribution is -2.46. The molecule has 1 aromatic carbocycles. The summed E-state index contributed by atoms with van der Waals surface area (Å²) >= 11 is 0. The van der Waals surface area contributed by atoms with E-state index in [1.165, 1.54) is 11.0 Å². The Bertz CT molecular complexity index is 949. The lowest BCUT2D eigenvalue weighted by molar-refractivity contribution is -0.385. The highest BCUT2D eigenvalue weighted by atomic mass is 16.6. The molecular formula is C23H32N4O4. The summed E-state index contributed by atoms with van der Waals surface area (Å²) in [5.41, 5.74) is 1.59. The van der Waals surface area contributed by atoms with Crippen LogP contribution in [0, 0.1) is 23.0 Å². The molecule has 2 amide bonds. The van der Waals surface area contributed by atoms with E-state index in [9.17, 15) is 19.7 Å². The minimum atomic E-state index is -0.499. The van der Waals surface area contributed by atoms with E-state index in [0.717, 1.165) is 5.69 Å². The van der Waals surface area contributed by atoms with E-state index in [1.54, 1.807) is 24.0 Å². The van der Waals surface area contributed by atoms with Crippen molar-refractivity contribution in [1.29, 1.82) is 0 Å². The number of aromatic nitrogens is 1. The topological polar surface area (TPSA) is 88.7 Å². The van der Waals surface area contributed by atoms with E-state index in [4.69, 9.17) is 0 Å². The van der Waals surface area contributed by atoms with Crippen LogP contribution in [0.1, 0.15) is 49.3 Å². The molecule has 2 aromatic rings. The van der Waals surface area contributed by atoms with Gasteiger partial charge in [0.1, 0.15) is 6.54 Å². The second-order valence-electron chi connectivity index (χ2n) is 8.56. The van der Waals surface area contributed by atoms with Gasteiger partial charge in [-0.25, -0.2) is 0 Å². The molecule has 31 heavy (non-hydrogen) atoms. The molecule has 0 spiro atoms. The Morgan fingerprint density at radius 1 is 1.16 bits per heavy atom. The molecule has 0 fully saturated rings. The van der Waals surface area contributed by atoms with E-state index in [2.05, 4.69) is 0 Å². The highest BCUT2D eigenvalue weighted by molar-refractivity contribution is 5.97. The molecule has 0 aliphatic carbocycles. The van der Waals surface area contributed by atoms with Gasteiger partial charge in [0.15, 0.2) is 0 Å². The Hall–Kier alpha value is -3.16. The van der Waals surface area contributed by atoms with Crippen LogP contribution < -0.4 is 0 Å². The number of amides is 2. The highest BCUT2D eigenvalue weighted by Gasteiger charge is 2.26. The van der Waals surface area contributed by atoms with E-state index in [0.29, 0.717) is 18.7 Å². The average molecular weight is 429 g/mol. The van der Waals surface area contributed by atoms with Gasteiger partial charge < -0.3 is 14.4 Å². The van der Waals surface area contributed by atoms with Gasteiger partial charge in [-0.1, -0.05) is 19.9 Å². The van der Waals surface area contributed by atoms with Crippen molar-refractivity contribution in [2.75, 3.05) is 13.1 Å². The van der Waals surface area contributed by atoms with Crippen molar-refractivity contribution in [3.8, 4) is 0 Å². The number of rotatable bonds is 9. The first kappa shape index (κ1) is 24.1. The van der Waals surface area contributed by atoms with Crippen LogP contribution in [0.2, 0.25) is 0 Å². The van der Waals surface area contributed by atoms with Crippen LogP contribution in [-0.4, -0.2) is 50.2 Å². The van der Waals surface area contributed by atoms with Crippen molar-refractivity contribution < 1.29 is 14.5 Å². The summed E-state index contributed by atoms with van der Waals surface area (Å²) in [6.45, 7) is 10.3. The molecule has 0 aliphatic rings. The lowest BCUT2D eigenvalue weighted by atomic mass is 10.1. The number of carbonyl (C=O) groups is 2. The van der Waals surface area contributed by atoms with E-state index in [-0.39, 0.29) is 35.7 Å². The molecule has 168 valence electrons. The molecule has 1 aromatic heterocycles. The van der Waals surface area contributed by atoms with Gasteiger partial charge in [0.25, 0.3) is 11.6 Å². The number of aryl methyl sites for hydroxylation is 2. The first-order valence-electron chi connectivity index (χ1n) is 10.4. The third kappa shape index (κ3) is 6.16. The highest BCUT2D eigenvalue weighted by Crippen LogP contribution is 2.21. The largest absolute Gasteiger partial charge is 0.353 e.